The SMILES string of the molecule is Cc1ccc(-n2c(/C=C/c3ccccc3[N+](=O)[O-])nc3ccccc3c2=O)c(C)c1. The van der Waals surface area contributed by atoms with Gasteiger partial charge in [0.1, 0.15) is 5.82 Å². The van der Waals surface area contributed by atoms with E-state index in [1.54, 1.807) is 53.1 Å². The van der Waals surface area contributed by atoms with Crippen molar-refractivity contribution in [2.75, 3.05) is 0 Å². The number of hydrogen-bond acceptors (Lipinski definition) is 4. The summed E-state index contributed by atoms with van der Waals surface area (Å²) in [5.41, 5.74) is 3.59. The molecule has 0 saturated heterocycles. The molecule has 0 unspecified atom stereocenters. The van der Waals surface area contributed by atoms with Crippen molar-refractivity contribution in [3.63, 3.8) is 0 Å². The smallest absolute Gasteiger partial charge is 0.268 e. The Morgan fingerprint density at radius 2 is 1.70 bits per heavy atom. The zero-order valence-corrected chi connectivity index (χ0v) is 16.6. The number of hydrogen-bond donors (Lipinski definition) is 0. The Morgan fingerprint density at radius 3 is 2.47 bits per heavy atom. The highest BCUT2D eigenvalue weighted by molar-refractivity contribution is 5.80. The van der Waals surface area contributed by atoms with Crippen LogP contribution in [0.2, 0.25) is 0 Å². The molecule has 0 N–H and O–H groups in total. The van der Waals surface area contributed by atoms with Gasteiger partial charge in [0, 0.05) is 6.07 Å². The van der Waals surface area contributed by atoms with Crippen LogP contribution in [0.4, 0.5) is 5.69 Å². The van der Waals surface area contributed by atoms with Crippen LogP contribution in [0.1, 0.15) is 22.5 Å². The first-order valence-electron chi connectivity index (χ1n) is 9.46. The molecule has 0 amide bonds. The van der Waals surface area contributed by atoms with E-state index in [9.17, 15) is 14.9 Å². The second-order valence-electron chi connectivity index (χ2n) is 7.07. The summed E-state index contributed by atoms with van der Waals surface area (Å²) in [6.45, 7) is 3.94. The number of aryl methyl sites for hydroxylation is 2. The van der Waals surface area contributed by atoms with Gasteiger partial charge in [-0.15, -0.1) is 0 Å². The number of para-hydroxylation sites is 2. The van der Waals surface area contributed by atoms with Crippen LogP contribution in [0.3, 0.4) is 0 Å². The highest BCUT2D eigenvalue weighted by atomic mass is 16.6. The van der Waals surface area contributed by atoms with E-state index in [1.165, 1.54) is 6.07 Å². The summed E-state index contributed by atoms with van der Waals surface area (Å²) in [7, 11) is 0. The Hall–Kier alpha value is -4.06. The summed E-state index contributed by atoms with van der Waals surface area (Å²) in [5.74, 6) is 0.406. The first-order chi connectivity index (χ1) is 14.5. The Labute approximate surface area is 172 Å². The minimum absolute atomic E-state index is 0.00467. The fourth-order valence-electron chi connectivity index (χ4n) is 3.51. The van der Waals surface area contributed by atoms with Crippen LogP contribution >= 0.6 is 0 Å². The summed E-state index contributed by atoms with van der Waals surface area (Å²) in [6, 6.07) is 19.5. The molecule has 1 heterocycles. The van der Waals surface area contributed by atoms with Crippen LogP contribution in [-0.2, 0) is 0 Å². The first-order valence-corrected chi connectivity index (χ1v) is 9.46. The van der Waals surface area contributed by atoms with Gasteiger partial charge in [0.15, 0.2) is 0 Å². The van der Waals surface area contributed by atoms with E-state index in [-0.39, 0.29) is 11.2 Å². The van der Waals surface area contributed by atoms with Gasteiger partial charge in [-0.3, -0.25) is 19.5 Å². The second kappa shape index (κ2) is 7.75. The highest BCUT2D eigenvalue weighted by Gasteiger charge is 2.14. The fourth-order valence-corrected chi connectivity index (χ4v) is 3.51. The second-order valence-corrected chi connectivity index (χ2v) is 7.07. The Kier molecular flexibility index (Phi) is 4.98. The number of fused-ring (bicyclic) bond motifs is 1. The van der Waals surface area contributed by atoms with Crippen LogP contribution in [0, 0.1) is 24.0 Å². The molecule has 6 nitrogen and oxygen atoms in total. The molecule has 0 bridgehead atoms. The summed E-state index contributed by atoms with van der Waals surface area (Å²) in [4.78, 5) is 28.9. The van der Waals surface area contributed by atoms with Gasteiger partial charge in [-0.25, -0.2) is 4.98 Å². The number of aromatic nitrogens is 2. The Morgan fingerprint density at radius 1 is 0.967 bits per heavy atom. The van der Waals surface area contributed by atoms with E-state index < -0.39 is 4.92 Å². The third-order valence-corrected chi connectivity index (χ3v) is 4.94. The molecule has 148 valence electrons. The maximum absolute atomic E-state index is 13.4. The maximum atomic E-state index is 13.4. The third-order valence-electron chi connectivity index (χ3n) is 4.94. The lowest BCUT2D eigenvalue weighted by molar-refractivity contribution is -0.385. The fraction of sp³-hybridized carbons (Fsp3) is 0.0833. The van der Waals surface area contributed by atoms with E-state index in [2.05, 4.69) is 4.98 Å². The summed E-state index contributed by atoms with van der Waals surface area (Å²) in [5, 5.41) is 11.8. The summed E-state index contributed by atoms with van der Waals surface area (Å²) >= 11 is 0. The molecule has 0 spiro atoms. The van der Waals surface area contributed by atoms with Crippen molar-refractivity contribution in [3.8, 4) is 5.69 Å². The van der Waals surface area contributed by atoms with Crippen LogP contribution in [0.15, 0.2) is 71.5 Å². The first kappa shape index (κ1) is 19.3. The van der Waals surface area contributed by atoms with Crippen molar-refractivity contribution < 1.29 is 4.92 Å². The Balaban J connectivity index is 1.97. The molecule has 4 aromatic rings. The molecule has 0 saturated carbocycles. The summed E-state index contributed by atoms with van der Waals surface area (Å²) < 4.78 is 1.56. The molecular weight excluding hydrogens is 378 g/mol. The van der Waals surface area contributed by atoms with E-state index in [0.29, 0.717) is 22.3 Å². The number of nitro benzene ring substituents is 1. The minimum atomic E-state index is -0.426. The molecule has 0 aliphatic carbocycles. The van der Waals surface area contributed by atoms with Gasteiger partial charge >= 0.3 is 0 Å². The molecular formula is C24H19N3O3. The average Bonchev–Trinajstić information content (AvgIpc) is 2.73. The molecule has 3 aromatic carbocycles. The molecule has 0 fully saturated rings. The van der Waals surface area contributed by atoms with Gasteiger partial charge in [0.2, 0.25) is 0 Å². The highest BCUT2D eigenvalue weighted by Crippen LogP contribution is 2.22. The van der Waals surface area contributed by atoms with Crippen molar-refractivity contribution in [2.45, 2.75) is 13.8 Å². The van der Waals surface area contributed by atoms with Crippen LogP contribution in [0.5, 0.6) is 0 Å². The molecule has 0 aliphatic heterocycles. The normalized spacial score (nSPS) is 11.3. The van der Waals surface area contributed by atoms with Crippen molar-refractivity contribution >= 4 is 28.7 Å². The standard InChI is InChI=1S/C24H19N3O3/c1-16-11-13-21(17(2)15-16)26-23(25-20-9-5-4-8-19(20)24(26)28)14-12-18-7-3-6-10-22(18)27(29)30/h3-15H,1-2H3/b14-12+. The zero-order valence-electron chi connectivity index (χ0n) is 16.6. The van der Waals surface area contributed by atoms with Gasteiger partial charge in [-0.05, 0) is 55.8 Å². The Bertz CT molecular complexity index is 1370. The molecule has 4 rings (SSSR count). The maximum Gasteiger partial charge on any atom is 0.276 e. The van der Waals surface area contributed by atoms with Crippen molar-refractivity contribution in [2.24, 2.45) is 0 Å². The number of benzene rings is 3. The number of rotatable bonds is 4. The van der Waals surface area contributed by atoms with E-state index in [0.717, 1.165) is 16.8 Å². The van der Waals surface area contributed by atoms with Gasteiger partial charge in [0.25, 0.3) is 11.2 Å². The van der Waals surface area contributed by atoms with Gasteiger partial charge in [-0.2, -0.15) is 0 Å². The van der Waals surface area contributed by atoms with Crippen LogP contribution < -0.4 is 5.56 Å². The zero-order chi connectivity index (χ0) is 21.3. The van der Waals surface area contributed by atoms with E-state index in [1.807, 2.05) is 38.1 Å². The van der Waals surface area contributed by atoms with Crippen molar-refractivity contribution in [1.82, 2.24) is 9.55 Å². The van der Waals surface area contributed by atoms with E-state index in [4.69, 9.17) is 0 Å². The molecule has 30 heavy (non-hydrogen) atoms. The lowest BCUT2D eigenvalue weighted by Crippen LogP contribution is -2.23. The minimum Gasteiger partial charge on any atom is -0.268 e. The van der Waals surface area contributed by atoms with Crippen LogP contribution in [-0.4, -0.2) is 14.5 Å². The van der Waals surface area contributed by atoms with E-state index >= 15 is 0 Å². The molecule has 0 atom stereocenters. The van der Waals surface area contributed by atoms with Gasteiger partial charge in [-0.1, -0.05) is 42.0 Å². The van der Waals surface area contributed by atoms with Crippen molar-refractivity contribution in [1.29, 1.82) is 0 Å². The molecule has 1 aromatic heterocycles. The van der Waals surface area contributed by atoms with Gasteiger partial charge in [0.05, 0.1) is 27.1 Å². The predicted octanol–water partition coefficient (Wildman–Crippen LogP) is 5.08. The quantitative estimate of drug-likeness (QED) is 0.355. The largest absolute Gasteiger partial charge is 0.276 e. The van der Waals surface area contributed by atoms with Crippen LogP contribution in [0.25, 0.3) is 28.7 Å². The molecule has 6 heteroatoms. The molecule has 0 aliphatic rings. The summed E-state index contributed by atoms with van der Waals surface area (Å²) in [6.07, 6.45) is 3.27. The van der Waals surface area contributed by atoms with Crippen molar-refractivity contribution in [3.05, 3.63) is 110 Å². The number of nitrogens with zero attached hydrogens (tertiary/aromatic N) is 3. The lowest BCUT2D eigenvalue weighted by Gasteiger charge is -2.14. The predicted molar refractivity (Wildman–Crippen MR) is 119 cm³/mol. The number of nitro groups is 1. The monoisotopic (exact) mass is 397 g/mol. The third kappa shape index (κ3) is 3.51. The topological polar surface area (TPSA) is 78.0 Å². The lowest BCUT2D eigenvalue weighted by atomic mass is 10.1. The molecule has 0 radical (unpaired) electrons. The average molecular weight is 397 g/mol. The van der Waals surface area contributed by atoms with Gasteiger partial charge < -0.3 is 0 Å².